The molecule has 1 atom stereocenters. The Bertz CT molecular complexity index is 448. The quantitative estimate of drug-likeness (QED) is 0.903. The number of rotatable bonds is 5. The van der Waals surface area contributed by atoms with E-state index < -0.39 is 5.79 Å². The smallest absolute Gasteiger partial charge is 0.165 e. The van der Waals surface area contributed by atoms with Crippen LogP contribution < -0.4 is 5.73 Å². The molecule has 0 amide bonds. The number of hydrogen-bond donors (Lipinski definition) is 1. The lowest BCUT2D eigenvalue weighted by Gasteiger charge is -2.43. The van der Waals surface area contributed by atoms with Gasteiger partial charge in [0.1, 0.15) is 0 Å². The topological polar surface area (TPSA) is 44.5 Å². The summed E-state index contributed by atoms with van der Waals surface area (Å²) in [6.45, 7) is 10.7. The van der Waals surface area contributed by atoms with Crippen molar-refractivity contribution >= 4 is 0 Å². The van der Waals surface area contributed by atoms with Crippen molar-refractivity contribution in [3.05, 3.63) is 35.9 Å². The first kappa shape index (κ1) is 16.5. The highest BCUT2D eigenvalue weighted by Crippen LogP contribution is 2.36. The van der Waals surface area contributed by atoms with Gasteiger partial charge >= 0.3 is 0 Å². The highest BCUT2D eigenvalue weighted by Gasteiger charge is 2.38. The molecule has 1 aliphatic heterocycles. The highest BCUT2D eigenvalue weighted by atomic mass is 16.7. The van der Waals surface area contributed by atoms with Crippen LogP contribution in [0.15, 0.2) is 30.3 Å². The zero-order valence-corrected chi connectivity index (χ0v) is 13.8. The van der Waals surface area contributed by atoms with Crippen LogP contribution in [0.1, 0.15) is 46.1 Å². The van der Waals surface area contributed by atoms with Gasteiger partial charge in [0.25, 0.3) is 0 Å². The van der Waals surface area contributed by atoms with E-state index in [0.29, 0.717) is 6.54 Å². The molecule has 0 aliphatic carbocycles. The van der Waals surface area contributed by atoms with E-state index >= 15 is 0 Å². The fraction of sp³-hybridized carbons (Fsp3) is 0.667. The monoisotopic (exact) mass is 291 g/mol. The second-order valence-corrected chi connectivity index (χ2v) is 7.51. The van der Waals surface area contributed by atoms with E-state index in [1.807, 2.05) is 13.0 Å². The molecule has 1 aromatic rings. The fourth-order valence-electron chi connectivity index (χ4n) is 2.63. The molecule has 3 heteroatoms. The lowest BCUT2D eigenvalue weighted by molar-refractivity contribution is -0.293. The molecule has 2 rings (SSSR count). The molecular formula is C18H29NO2. The molecule has 0 spiro atoms. The number of hydrogen-bond acceptors (Lipinski definition) is 3. The Balaban J connectivity index is 2.00. The van der Waals surface area contributed by atoms with Crippen molar-refractivity contribution in [2.24, 2.45) is 11.1 Å². The van der Waals surface area contributed by atoms with Gasteiger partial charge in [0, 0.05) is 23.8 Å². The molecule has 1 aliphatic rings. The lowest BCUT2D eigenvalue weighted by Crippen LogP contribution is -2.46. The predicted molar refractivity (Wildman–Crippen MR) is 86.2 cm³/mol. The molecule has 0 radical (unpaired) electrons. The first-order chi connectivity index (χ1) is 9.79. The molecular weight excluding hydrogens is 262 g/mol. The van der Waals surface area contributed by atoms with Gasteiger partial charge in [-0.1, -0.05) is 51.1 Å². The minimum atomic E-state index is -0.485. The third-order valence-electron chi connectivity index (χ3n) is 4.59. The Morgan fingerprint density at radius 1 is 1.10 bits per heavy atom. The van der Waals surface area contributed by atoms with Crippen LogP contribution in [-0.2, 0) is 14.9 Å². The van der Waals surface area contributed by atoms with Gasteiger partial charge in [-0.15, -0.1) is 0 Å². The largest absolute Gasteiger partial charge is 0.350 e. The van der Waals surface area contributed by atoms with Gasteiger partial charge < -0.3 is 15.2 Å². The molecule has 1 fully saturated rings. The minimum Gasteiger partial charge on any atom is -0.350 e. The van der Waals surface area contributed by atoms with E-state index in [-0.39, 0.29) is 10.8 Å². The SMILES string of the molecule is CC1(C)COC(C)(CCC(C)(CN)c2ccccc2)OC1. The molecule has 2 N–H and O–H groups in total. The summed E-state index contributed by atoms with van der Waals surface area (Å²) in [5.41, 5.74) is 7.41. The van der Waals surface area contributed by atoms with Gasteiger partial charge in [0.15, 0.2) is 5.79 Å². The Morgan fingerprint density at radius 3 is 2.19 bits per heavy atom. The number of ether oxygens (including phenoxy) is 2. The van der Waals surface area contributed by atoms with Gasteiger partial charge in [0.2, 0.25) is 0 Å². The van der Waals surface area contributed by atoms with Gasteiger partial charge in [-0.25, -0.2) is 0 Å². The molecule has 0 bridgehead atoms. The zero-order chi connectivity index (χ0) is 15.6. The molecule has 0 saturated carbocycles. The summed E-state index contributed by atoms with van der Waals surface area (Å²) in [6, 6.07) is 10.5. The molecule has 1 unspecified atom stereocenters. The molecule has 1 saturated heterocycles. The summed E-state index contributed by atoms with van der Waals surface area (Å²) in [4.78, 5) is 0. The number of nitrogens with two attached hydrogens (primary N) is 1. The third-order valence-corrected chi connectivity index (χ3v) is 4.59. The van der Waals surface area contributed by atoms with Gasteiger partial charge in [0.05, 0.1) is 13.2 Å². The van der Waals surface area contributed by atoms with E-state index in [1.54, 1.807) is 0 Å². The van der Waals surface area contributed by atoms with E-state index in [0.717, 1.165) is 26.1 Å². The normalized spacial score (nSPS) is 23.5. The average Bonchev–Trinajstić information content (AvgIpc) is 2.49. The van der Waals surface area contributed by atoms with Crippen molar-refractivity contribution in [2.75, 3.05) is 19.8 Å². The Labute approximate surface area is 128 Å². The van der Waals surface area contributed by atoms with E-state index in [2.05, 4.69) is 45.0 Å². The van der Waals surface area contributed by atoms with Crippen molar-refractivity contribution in [1.29, 1.82) is 0 Å². The molecule has 3 nitrogen and oxygen atoms in total. The van der Waals surface area contributed by atoms with E-state index in [9.17, 15) is 0 Å². The van der Waals surface area contributed by atoms with E-state index in [1.165, 1.54) is 5.56 Å². The first-order valence-electron chi connectivity index (χ1n) is 7.82. The van der Waals surface area contributed by atoms with Crippen LogP contribution in [0.2, 0.25) is 0 Å². The fourth-order valence-corrected chi connectivity index (χ4v) is 2.63. The maximum Gasteiger partial charge on any atom is 0.165 e. The highest BCUT2D eigenvalue weighted by molar-refractivity contribution is 5.24. The second-order valence-electron chi connectivity index (χ2n) is 7.51. The van der Waals surface area contributed by atoms with Crippen LogP contribution in [-0.4, -0.2) is 25.5 Å². The van der Waals surface area contributed by atoms with Crippen LogP contribution in [0.5, 0.6) is 0 Å². The second kappa shape index (κ2) is 6.07. The molecule has 21 heavy (non-hydrogen) atoms. The van der Waals surface area contributed by atoms with Crippen LogP contribution in [0.4, 0.5) is 0 Å². The Hall–Kier alpha value is -0.900. The van der Waals surface area contributed by atoms with Crippen molar-refractivity contribution in [2.45, 2.75) is 51.7 Å². The predicted octanol–water partition coefficient (Wildman–Crippen LogP) is 3.47. The van der Waals surface area contributed by atoms with Crippen molar-refractivity contribution < 1.29 is 9.47 Å². The summed E-state index contributed by atoms with van der Waals surface area (Å²) < 4.78 is 12.0. The molecule has 118 valence electrons. The summed E-state index contributed by atoms with van der Waals surface area (Å²) in [5, 5.41) is 0. The summed E-state index contributed by atoms with van der Waals surface area (Å²) >= 11 is 0. The Kier molecular flexibility index (Phi) is 4.76. The van der Waals surface area contributed by atoms with Crippen LogP contribution >= 0.6 is 0 Å². The van der Waals surface area contributed by atoms with Crippen LogP contribution in [0.3, 0.4) is 0 Å². The van der Waals surface area contributed by atoms with E-state index in [4.69, 9.17) is 15.2 Å². The maximum atomic E-state index is 6.06. The lowest BCUT2D eigenvalue weighted by atomic mass is 9.77. The average molecular weight is 291 g/mol. The maximum absolute atomic E-state index is 6.06. The minimum absolute atomic E-state index is 0.0377. The van der Waals surface area contributed by atoms with Gasteiger partial charge in [-0.3, -0.25) is 0 Å². The van der Waals surface area contributed by atoms with Crippen LogP contribution in [0.25, 0.3) is 0 Å². The Morgan fingerprint density at radius 2 is 1.67 bits per heavy atom. The number of benzene rings is 1. The summed E-state index contributed by atoms with van der Waals surface area (Å²) in [7, 11) is 0. The van der Waals surface area contributed by atoms with Crippen molar-refractivity contribution in [1.82, 2.24) is 0 Å². The van der Waals surface area contributed by atoms with Gasteiger partial charge in [-0.05, 0) is 18.9 Å². The summed E-state index contributed by atoms with van der Waals surface area (Å²) in [6.07, 6.45) is 1.80. The summed E-state index contributed by atoms with van der Waals surface area (Å²) in [5.74, 6) is -0.485. The van der Waals surface area contributed by atoms with Crippen LogP contribution in [0, 0.1) is 5.41 Å². The molecule has 1 heterocycles. The van der Waals surface area contributed by atoms with Crippen molar-refractivity contribution in [3.8, 4) is 0 Å². The molecule has 1 aromatic carbocycles. The molecule has 0 aromatic heterocycles. The zero-order valence-electron chi connectivity index (χ0n) is 13.8. The standard InChI is InChI=1S/C18H29NO2/c1-16(2)13-20-18(4,21-14-16)11-10-17(3,12-19)15-8-6-5-7-9-15/h5-9H,10-14,19H2,1-4H3. The van der Waals surface area contributed by atoms with Gasteiger partial charge in [-0.2, -0.15) is 0 Å². The third kappa shape index (κ3) is 4.06. The first-order valence-corrected chi connectivity index (χ1v) is 7.82. The van der Waals surface area contributed by atoms with Crippen molar-refractivity contribution in [3.63, 3.8) is 0 Å².